The zero-order valence-electron chi connectivity index (χ0n) is 15.0. The summed E-state index contributed by atoms with van der Waals surface area (Å²) in [4.78, 5) is 28.7. The third kappa shape index (κ3) is 6.35. The highest BCUT2D eigenvalue weighted by molar-refractivity contribution is 6.21. The summed E-state index contributed by atoms with van der Waals surface area (Å²) < 4.78 is 24.8. The van der Waals surface area contributed by atoms with E-state index in [1.807, 2.05) is 0 Å². The molecule has 0 saturated heterocycles. The summed E-state index contributed by atoms with van der Waals surface area (Å²) in [5, 5.41) is 2.19. The van der Waals surface area contributed by atoms with Crippen LogP contribution in [0.25, 0.3) is 0 Å². The molecule has 0 N–H and O–H groups in total. The zero-order valence-corrected chi connectivity index (χ0v) is 15.8. The monoisotopic (exact) mass is 407 g/mol. The number of esters is 2. The van der Waals surface area contributed by atoms with Gasteiger partial charge in [0.1, 0.15) is 19.1 Å². The minimum Gasteiger partial charge on any atom is -0.460 e. The molecule has 0 amide bonds. The number of benzene rings is 2. The van der Waals surface area contributed by atoms with Crippen LogP contribution in [-0.4, -0.2) is 49.5 Å². The van der Waals surface area contributed by atoms with Gasteiger partial charge in [0.15, 0.2) is 12.3 Å². The first-order valence-electron chi connectivity index (χ1n) is 8.36. The molecule has 0 bridgehead atoms. The summed E-state index contributed by atoms with van der Waals surface area (Å²) >= 11 is 6.19. The van der Waals surface area contributed by atoms with Crippen LogP contribution in [0.3, 0.4) is 0 Å². The van der Waals surface area contributed by atoms with E-state index in [4.69, 9.17) is 21.1 Å². The average molecular weight is 408 g/mol. The molecule has 0 radical (unpaired) electrons. The van der Waals surface area contributed by atoms with Gasteiger partial charge < -0.3 is 14.3 Å². The largest absolute Gasteiger partial charge is 0.460 e. The Hall–Kier alpha value is -2.93. The predicted molar refractivity (Wildman–Crippen MR) is 102 cm³/mol. The molecule has 0 unspecified atom stereocenters. The number of alkyl halides is 2. The molecule has 2 aromatic rings. The Kier molecular flexibility index (Phi) is 8.42. The van der Waals surface area contributed by atoms with Crippen LogP contribution in [0.5, 0.6) is 0 Å². The smallest absolute Gasteiger partial charge is 0.338 e. The van der Waals surface area contributed by atoms with Gasteiger partial charge >= 0.3 is 11.9 Å². The summed E-state index contributed by atoms with van der Waals surface area (Å²) in [6.45, 7) is -0.372. The van der Waals surface area contributed by atoms with E-state index in [1.54, 1.807) is 48.5 Å². The van der Waals surface area contributed by atoms with Gasteiger partial charge in [-0.2, -0.15) is 0 Å². The van der Waals surface area contributed by atoms with Gasteiger partial charge in [-0.25, -0.2) is 14.0 Å². The Morgan fingerprint density at radius 2 is 1.57 bits per heavy atom. The van der Waals surface area contributed by atoms with E-state index in [1.165, 1.54) is 19.2 Å². The van der Waals surface area contributed by atoms with Crippen molar-refractivity contribution >= 4 is 29.8 Å². The van der Waals surface area contributed by atoms with Crippen molar-refractivity contribution in [2.24, 2.45) is 5.16 Å². The van der Waals surface area contributed by atoms with Crippen LogP contribution in [0.1, 0.15) is 20.7 Å². The van der Waals surface area contributed by atoms with Gasteiger partial charge in [-0.15, -0.1) is 11.6 Å². The summed E-state index contributed by atoms with van der Waals surface area (Å²) in [6.07, 6.45) is -2.50. The molecule has 0 aliphatic rings. The van der Waals surface area contributed by atoms with E-state index in [9.17, 15) is 14.0 Å². The maximum absolute atomic E-state index is 14.5. The molecule has 0 aliphatic carbocycles. The lowest BCUT2D eigenvalue weighted by atomic mass is 10.1. The van der Waals surface area contributed by atoms with Crippen molar-refractivity contribution in [2.45, 2.75) is 17.7 Å². The van der Waals surface area contributed by atoms with Crippen LogP contribution in [0.2, 0.25) is 0 Å². The normalized spacial score (nSPS) is 14.1. The molecule has 2 aromatic carbocycles. The SMILES string of the molecule is CON=C[C@H](F)[C@H](OC(=O)c1ccccc1)[C@H](Cl)COC(=O)c1ccccc1. The van der Waals surface area contributed by atoms with E-state index < -0.39 is 29.6 Å². The Labute approximate surface area is 166 Å². The fraction of sp³-hybridized carbons (Fsp3) is 0.250. The first-order valence-corrected chi connectivity index (χ1v) is 8.79. The molecule has 0 spiro atoms. The number of halogens is 2. The summed E-state index contributed by atoms with van der Waals surface area (Å²) in [5.41, 5.74) is 0.551. The molecule has 0 aromatic heterocycles. The Bertz CT molecular complexity index is 788. The maximum Gasteiger partial charge on any atom is 0.338 e. The van der Waals surface area contributed by atoms with Crippen LogP contribution in [-0.2, 0) is 14.3 Å². The molecule has 0 fully saturated rings. The molecule has 148 valence electrons. The second-order valence-electron chi connectivity index (χ2n) is 5.60. The second kappa shape index (κ2) is 11.0. The molecule has 8 heteroatoms. The minimum absolute atomic E-state index is 0.230. The quantitative estimate of drug-likeness (QED) is 0.274. The maximum atomic E-state index is 14.5. The number of oxime groups is 1. The van der Waals surface area contributed by atoms with Gasteiger partial charge in [0.05, 0.1) is 17.3 Å². The molecule has 3 atom stereocenters. The Morgan fingerprint density at radius 3 is 2.11 bits per heavy atom. The number of hydrogen-bond acceptors (Lipinski definition) is 6. The molecule has 28 heavy (non-hydrogen) atoms. The fourth-order valence-electron chi connectivity index (χ4n) is 2.22. The standard InChI is InChI=1S/C20H19ClFNO5/c1-26-23-12-17(22)18(28-20(25)15-10-6-3-7-11-15)16(21)13-27-19(24)14-8-4-2-5-9-14/h2-12,16-18H,13H2,1H3/t16-,17+,18-/m1/s1. The number of hydrogen-bond donors (Lipinski definition) is 0. The van der Waals surface area contributed by atoms with E-state index in [0.717, 1.165) is 6.21 Å². The predicted octanol–water partition coefficient (Wildman–Crippen LogP) is 3.65. The average Bonchev–Trinajstić information content (AvgIpc) is 2.74. The van der Waals surface area contributed by atoms with Gasteiger partial charge in [0.2, 0.25) is 0 Å². The number of ether oxygens (including phenoxy) is 2. The van der Waals surface area contributed by atoms with Crippen LogP contribution in [0.4, 0.5) is 4.39 Å². The van der Waals surface area contributed by atoms with E-state index in [-0.39, 0.29) is 12.2 Å². The topological polar surface area (TPSA) is 74.2 Å². The van der Waals surface area contributed by atoms with Crippen molar-refractivity contribution < 1.29 is 28.3 Å². The van der Waals surface area contributed by atoms with Gasteiger partial charge in [-0.05, 0) is 24.3 Å². The first kappa shape index (κ1) is 21.4. The van der Waals surface area contributed by atoms with Crippen molar-refractivity contribution in [3.8, 4) is 0 Å². The Morgan fingerprint density at radius 1 is 1.04 bits per heavy atom. The summed E-state index contributed by atoms with van der Waals surface area (Å²) in [7, 11) is 1.24. The van der Waals surface area contributed by atoms with Crippen LogP contribution >= 0.6 is 11.6 Å². The third-order valence-electron chi connectivity index (χ3n) is 3.61. The van der Waals surface area contributed by atoms with Crippen molar-refractivity contribution in [1.29, 1.82) is 0 Å². The molecule has 0 heterocycles. The second-order valence-corrected chi connectivity index (χ2v) is 6.16. The van der Waals surface area contributed by atoms with Gasteiger partial charge in [-0.1, -0.05) is 41.6 Å². The van der Waals surface area contributed by atoms with Crippen LogP contribution in [0, 0.1) is 0 Å². The van der Waals surface area contributed by atoms with E-state index in [0.29, 0.717) is 5.56 Å². The number of nitrogens with zero attached hydrogens (tertiary/aromatic N) is 1. The number of rotatable bonds is 9. The Balaban J connectivity index is 2.05. The van der Waals surface area contributed by atoms with Crippen molar-refractivity contribution in [2.75, 3.05) is 13.7 Å². The first-order chi connectivity index (χ1) is 13.5. The van der Waals surface area contributed by atoms with Gasteiger partial charge in [0, 0.05) is 0 Å². The summed E-state index contributed by atoms with van der Waals surface area (Å²) in [6, 6.07) is 16.3. The molecule has 2 rings (SSSR count). The lowest BCUT2D eigenvalue weighted by Crippen LogP contribution is -2.40. The lowest BCUT2D eigenvalue weighted by molar-refractivity contribution is 0.00677. The van der Waals surface area contributed by atoms with E-state index >= 15 is 0 Å². The van der Waals surface area contributed by atoms with Crippen molar-refractivity contribution in [3.63, 3.8) is 0 Å². The minimum atomic E-state index is -1.87. The molecule has 0 saturated carbocycles. The van der Waals surface area contributed by atoms with Crippen LogP contribution < -0.4 is 0 Å². The zero-order chi connectivity index (χ0) is 20.4. The fourth-order valence-corrected chi connectivity index (χ4v) is 2.47. The highest BCUT2D eigenvalue weighted by Crippen LogP contribution is 2.17. The lowest BCUT2D eigenvalue weighted by Gasteiger charge is -2.23. The molecular formula is C20H19ClFNO5. The highest BCUT2D eigenvalue weighted by Gasteiger charge is 2.33. The molecule has 0 aliphatic heterocycles. The summed E-state index contributed by atoms with van der Waals surface area (Å²) in [5.74, 6) is -1.39. The molecule has 6 nitrogen and oxygen atoms in total. The highest BCUT2D eigenvalue weighted by atomic mass is 35.5. The molecular weight excluding hydrogens is 389 g/mol. The van der Waals surface area contributed by atoms with Crippen LogP contribution in [0.15, 0.2) is 65.8 Å². The third-order valence-corrected chi connectivity index (χ3v) is 3.99. The van der Waals surface area contributed by atoms with E-state index in [2.05, 4.69) is 9.99 Å². The van der Waals surface area contributed by atoms with Crippen molar-refractivity contribution in [1.82, 2.24) is 0 Å². The van der Waals surface area contributed by atoms with Gasteiger partial charge in [0.25, 0.3) is 0 Å². The van der Waals surface area contributed by atoms with Gasteiger partial charge in [-0.3, -0.25) is 0 Å². The number of carbonyl (C=O) groups excluding carboxylic acids is 2. The van der Waals surface area contributed by atoms with Crippen molar-refractivity contribution in [3.05, 3.63) is 71.8 Å². The number of carbonyl (C=O) groups is 2.